The Morgan fingerprint density at radius 2 is 1.89 bits per heavy atom. The van der Waals surface area contributed by atoms with E-state index < -0.39 is 0 Å². The van der Waals surface area contributed by atoms with Crippen LogP contribution >= 0.6 is 0 Å². The third-order valence-electron chi connectivity index (χ3n) is 1.86. The first-order chi connectivity index (χ1) is 4.27. The number of hydroxylamine groups is 3. The first-order valence-electron chi connectivity index (χ1n) is 3.25. The van der Waals surface area contributed by atoms with Gasteiger partial charge in [-0.1, -0.05) is 0 Å². The van der Waals surface area contributed by atoms with Gasteiger partial charge in [-0.25, -0.2) is 4.84 Å². The van der Waals surface area contributed by atoms with Gasteiger partial charge in [-0.3, -0.25) is 0 Å². The molecule has 1 saturated heterocycles. The van der Waals surface area contributed by atoms with E-state index in [1.54, 1.807) is 7.11 Å². The Morgan fingerprint density at radius 3 is 2.22 bits per heavy atom. The summed E-state index contributed by atoms with van der Waals surface area (Å²) >= 11 is 0. The number of hydrogen-bond acceptors (Lipinski definition) is 2. The molecular formula is C6H14NO2+. The molecule has 0 bridgehead atoms. The SMILES string of the molecule is CO[N+]1(C)CCOCC1. The van der Waals surface area contributed by atoms with Crippen molar-refractivity contribution in [3.63, 3.8) is 0 Å². The highest BCUT2D eigenvalue weighted by atomic mass is 16.7. The van der Waals surface area contributed by atoms with Crippen LogP contribution in [0.2, 0.25) is 0 Å². The van der Waals surface area contributed by atoms with E-state index in [0.717, 1.165) is 26.3 Å². The second-order valence-electron chi connectivity index (χ2n) is 2.54. The highest BCUT2D eigenvalue weighted by Gasteiger charge is 2.25. The van der Waals surface area contributed by atoms with Gasteiger partial charge >= 0.3 is 0 Å². The van der Waals surface area contributed by atoms with Crippen LogP contribution in [0.1, 0.15) is 0 Å². The molecule has 0 amide bonds. The van der Waals surface area contributed by atoms with Crippen LogP contribution in [0.15, 0.2) is 0 Å². The molecule has 0 radical (unpaired) electrons. The fraction of sp³-hybridized carbons (Fsp3) is 1.00. The molecule has 1 aliphatic heterocycles. The largest absolute Gasteiger partial charge is 0.370 e. The van der Waals surface area contributed by atoms with E-state index in [4.69, 9.17) is 9.57 Å². The van der Waals surface area contributed by atoms with Gasteiger partial charge < -0.3 is 4.74 Å². The van der Waals surface area contributed by atoms with Gasteiger partial charge in [0.2, 0.25) is 0 Å². The van der Waals surface area contributed by atoms with Crippen molar-refractivity contribution in [3.8, 4) is 0 Å². The molecule has 54 valence electrons. The third-order valence-corrected chi connectivity index (χ3v) is 1.86. The van der Waals surface area contributed by atoms with Crippen LogP contribution in [0, 0.1) is 0 Å². The Balaban J connectivity index is 2.37. The van der Waals surface area contributed by atoms with Crippen molar-refractivity contribution in [2.75, 3.05) is 40.5 Å². The summed E-state index contributed by atoms with van der Waals surface area (Å²) in [6.07, 6.45) is 0. The van der Waals surface area contributed by atoms with Crippen LogP contribution in [0.3, 0.4) is 0 Å². The molecule has 1 rings (SSSR count). The standard InChI is InChI=1S/C6H14NO2/c1-7(8-2)3-5-9-6-4-7/h3-6H2,1-2H3/q+1. The number of morpholine rings is 1. The zero-order valence-corrected chi connectivity index (χ0v) is 6.09. The Hall–Kier alpha value is -0.120. The van der Waals surface area contributed by atoms with E-state index >= 15 is 0 Å². The van der Waals surface area contributed by atoms with Gasteiger partial charge in [-0.05, 0) is 0 Å². The van der Waals surface area contributed by atoms with Crippen molar-refractivity contribution in [3.05, 3.63) is 0 Å². The van der Waals surface area contributed by atoms with Crippen molar-refractivity contribution in [2.24, 2.45) is 0 Å². The Labute approximate surface area is 55.7 Å². The van der Waals surface area contributed by atoms with Crippen LogP contribution in [0.25, 0.3) is 0 Å². The molecule has 0 saturated carbocycles. The summed E-state index contributed by atoms with van der Waals surface area (Å²) < 4.78 is 5.87. The number of quaternary nitrogens is 1. The quantitative estimate of drug-likeness (QED) is 0.468. The zero-order valence-electron chi connectivity index (χ0n) is 6.09. The van der Waals surface area contributed by atoms with Crippen molar-refractivity contribution in [1.82, 2.24) is 0 Å². The van der Waals surface area contributed by atoms with Crippen LogP contribution < -0.4 is 0 Å². The zero-order chi connectivity index (χ0) is 6.74. The van der Waals surface area contributed by atoms with Crippen molar-refractivity contribution >= 4 is 0 Å². The summed E-state index contributed by atoms with van der Waals surface area (Å²) in [5.74, 6) is 0. The molecule has 0 N–H and O–H groups in total. The lowest BCUT2D eigenvalue weighted by Gasteiger charge is -2.32. The molecule has 9 heavy (non-hydrogen) atoms. The van der Waals surface area contributed by atoms with Crippen molar-refractivity contribution in [2.45, 2.75) is 0 Å². The average molecular weight is 132 g/mol. The third kappa shape index (κ3) is 1.64. The second-order valence-corrected chi connectivity index (χ2v) is 2.54. The normalized spacial score (nSPS) is 26.0. The summed E-state index contributed by atoms with van der Waals surface area (Å²) in [7, 11) is 3.81. The smallest absolute Gasteiger partial charge is 0.132 e. The molecule has 0 atom stereocenters. The maximum atomic E-state index is 5.24. The minimum atomic E-state index is 0.694. The Bertz CT molecular complexity index is 89.1. The van der Waals surface area contributed by atoms with Gasteiger partial charge in [0.05, 0.1) is 27.4 Å². The van der Waals surface area contributed by atoms with E-state index in [1.165, 1.54) is 0 Å². The highest BCUT2D eigenvalue weighted by Crippen LogP contribution is 2.05. The second kappa shape index (κ2) is 2.64. The first-order valence-corrected chi connectivity index (χ1v) is 3.25. The summed E-state index contributed by atoms with van der Waals surface area (Å²) in [5, 5.41) is 0. The number of ether oxygens (including phenoxy) is 1. The van der Waals surface area contributed by atoms with E-state index in [2.05, 4.69) is 7.05 Å². The summed E-state index contributed by atoms with van der Waals surface area (Å²) in [6, 6.07) is 0. The molecule has 1 fully saturated rings. The molecular weight excluding hydrogens is 118 g/mol. The fourth-order valence-electron chi connectivity index (χ4n) is 0.912. The molecule has 3 nitrogen and oxygen atoms in total. The average Bonchev–Trinajstić information content (AvgIpc) is 1.90. The highest BCUT2D eigenvalue weighted by molar-refractivity contribution is 4.38. The van der Waals surface area contributed by atoms with Crippen molar-refractivity contribution < 1.29 is 14.2 Å². The predicted molar refractivity (Wildman–Crippen MR) is 33.7 cm³/mol. The topological polar surface area (TPSA) is 18.5 Å². The summed E-state index contributed by atoms with van der Waals surface area (Å²) in [4.78, 5) is 5.24. The molecule has 1 aliphatic rings. The van der Waals surface area contributed by atoms with E-state index in [1.807, 2.05) is 0 Å². The predicted octanol–water partition coefficient (Wildman–Crippen LogP) is 0.0246. The lowest BCUT2D eigenvalue weighted by molar-refractivity contribution is -1.09. The number of rotatable bonds is 1. The van der Waals surface area contributed by atoms with Crippen molar-refractivity contribution in [1.29, 1.82) is 0 Å². The molecule has 0 aromatic rings. The first kappa shape index (κ1) is 6.99. The van der Waals surface area contributed by atoms with Crippen LogP contribution in [-0.4, -0.2) is 45.1 Å². The van der Waals surface area contributed by atoms with Gasteiger partial charge in [-0.2, -0.15) is 4.65 Å². The monoisotopic (exact) mass is 132 g/mol. The maximum Gasteiger partial charge on any atom is 0.132 e. The summed E-state index contributed by atoms with van der Waals surface area (Å²) in [6.45, 7) is 3.58. The van der Waals surface area contributed by atoms with E-state index in [0.29, 0.717) is 4.65 Å². The Kier molecular flexibility index (Phi) is 2.05. The van der Waals surface area contributed by atoms with E-state index in [9.17, 15) is 0 Å². The maximum absolute atomic E-state index is 5.24. The fourth-order valence-corrected chi connectivity index (χ4v) is 0.912. The molecule has 0 aromatic heterocycles. The molecule has 0 spiro atoms. The van der Waals surface area contributed by atoms with Gasteiger partial charge in [0, 0.05) is 0 Å². The van der Waals surface area contributed by atoms with Gasteiger partial charge in [0.25, 0.3) is 0 Å². The molecule has 0 aromatic carbocycles. The van der Waals surface area contributed by atoms with Crippen LogP contribution in [0.5, 0.6) is 0 Å². The van der Waals surface area contributed by atoms with Gasteiger partial charge in [-0.15, -0.1) is 0 Å². The number of hydrogen-bond donors (Lipinski definition) is 0. The minimum absolute atomic E-state index is 0.694. The van der Waals surface area contributed by atoms with E-state index in [-0.39, 0.29) is 0 Å². The Morgan fingerprint density at radius 1 is 1.33 bits per heavy atom. The number of nitrogens with zero attached hydrogens (tertiary/aromatic N) is 1. The molecule has 1 heterocycles. The van der Waals surface area contributed by atoms with Gasteiger partial charge in [0.1, 0.15) is 13.1 Å². The van der Waals surface area contributed by atoms with Crippen LogP contribution in [-0.2, 0) is 9.57 Å². The number of likely N-dealkylation sites (N-methyl/N-ethyl adjacent to an activating group) is 1. The lowest BCUT2D eigenvalue weighted by Crippen LogP contribution is -2.50. The molecule has 0 unspecified atom stereocenters. The summed E-state index contributed by atoms with van der Waals surface area (Å²) in [5.41, 5.74) is 0. The molecule has 3 heteroatoms. The van der Waals surface area contributed by atoms with Crippen LogP contribution in [0.4, 0.5) is 0 Å². The molecule has 0 aliphatic carbocycles. The minimum Gasteiger partial charge on any atom is -0.370 e. The van der Waals surface area contributed by atoms with Gasteiger partial charge in [0.15, 0.2) is 0 Å². The lowest BCUT2D eigenvalue weighted by atomic mass is 10.4.